The van der Waals surface area contributed by atoms with Crippen molar-refractivity contribution in [1.29, 1.82) is 0 Å². The van der Waals surface area contributed by atoms with Gasteiger partial charge in [0.2, 0.25) is 0 Å². The molecule has 0 aliphatic rings. The molecule has 0 aliphatic carbocycles. The predicted molar refractivity (Wildman–Crippen MR) is 83.1 cm³/mol. The van der Waals surface area contributed by atoms with E-state index in [1.165, 1.54) is 29.1 Å². The van der Waals surface area contributed by atoms with Crippen LogP contribution < -0.4 is 10.1 Å². The first kappa shape index (κ1) is 18.8. The van der Waals surface area contributed by atoms with Crippen molar-refractivity contribution in [2.24, 2.45) is 0 Å². The van der Waals surface area contributed by atoms with Gasteiger partial charge < -0.3 is 14.8 Å². The number of alkyl halides is 3. The summed E-state index contributed by atoms with van der Waals surface area (Å²) in [5.41, 5.74) is -0.591. The Bertz CT molecular complexity index is 701. The molecule has 0 unspecified atom stereocenters. The third kappa shape index (κ3) is 5.79. The van der Waals surface area contributed by atoms with E-state index in [0.717, 1.165) is 12.1 Å². The Hall–Kier alpha value is -2.55. The second kappa shape index (κ2) is 8.52. The Morgan fingerprint density at radius 3 is 2.84 bits per heavy atom. The summed E-state index contributed by atoms with van der Waals surface area (Å²) in [7, 11) is 1.58. The van der Waals surface area contributed by atoms with E-state index in [1.54, 1.807) is 7.11 Å². The van der Waals surface area contributed by atoms with Crippen LogP contribution in [0.15, 0.2) is 36.5 Å². The van der Waals surface area contributed by atoms with E-state index in [2.05, 4.69) is 10.4 Å². The van der Waals surface area contributed by atoms with E-state index in [0.29, 0.717) is 19.6 Å². The van der Waals surface area contributed by atoms with Gasteiger partial charge in [0.15, 0.2) is 6.73 Å². The zero-order valence-electron chi connectivity index (χ0n) is 13.5. The van der Waals surface area contributed by atoms with Crippen LogP contribution in [0, 0.1) is 0 Å². The van der Waals surface area contributed by atoms with Crippen LogP contribution in [0.3, 0.4) is 0 Å². The van der Waals surface area contributed by atoms with Crippen LogP contribution in [0.5, 0.6) is 5.75 Å². The highest BCUT2D eigenvalue weighted by Gasteiger charge is 2.30. The maximum Gasteiger partial charge on any atom is 0.416 e. The van der Waals surface area contributed by atoms with Crippen LogP contribution in [0.25, 0.3) is 0 Å². The number of methoxy groups -OCH3 is 1. The molecule has 1 aromatic carbocycles. The quantitative estimate of drug-likeness (QED) is 0.738. The fraction of sp³-hybridized carbons (Fsp3) is 0.375. The van der Waals surface area contributed by atoms with Crippen molar-refractivity contribution in [3.63, 3.8) is 0 Å². The van der Waals surface area contributed by atoms with Gasteiger partial charge in [0.25, 0.3) is 5.91 Å². The Kier molecular flexibility index (Phi) is 6.40. The van der Waals surface area contributed by atoms with E-state index in [-0.39, 0.29) is 24.1 Å². The molecule has 0 bridgehead atoms. The molecule has 0 saturated heterocycles. The molecule has 136 valence electrons. The standard InChI is InChI=1S/C16H18F3N3O3/c1-24-9-3-7-20-15(23)14-6-8-22(21-14)11-25-13-5-2-4-12(10-13)16(17,18)19/h2,4-6,8,10H,3,7,9,11H2,1H3,(H,20,23). The average molecular weight is 357 g/mol. The third-order valence-electron chi connectivity index (χ3n) is 3.21. The lowest BCUT2D eigenvalue weighted by Crippen LogP contribution is -2.25. The molecule has 25 heavy (non-hydrogen) atoms. The molecule has 1 amide bonds. The second-order valence-electron chi connectivity index (χ2n) is 5.14. The summed E-state index contributed by atoms with van der Waals surface area (Å²) < 4.78 is 49.4. The van der Waals surface area contributed by atoms with Gasteiger partial charge in [0.05, 0.1) is 5.56 Å². The Balaban J connectivity index is 1.88. The molecule has 9 heteroatoms. The van der Waals surface area contributed by atoms with Crippen molar-refractivity contribution in [1.82, 2.24) is 15.1 Å². The molecule has 6 nitrogen and oxygen atoms in total. The molecule has 1 heterocycles. The molecule has 1 aromatic heterocycles. The first-order valence-electron chi connectivity index (χ1n) is 7.51. The van der Waals surface area contributed by atoms with Crippen LogP contribution in [-0.4, -0.2) is 35.9 Å². The van der Waals surface area contributed by atoms with Crippen molar-refractivity contribution in [2.75, 3.05) is 20.3 Å². The number of hydrogen-bond acceptors (Lipinski definition) is 4. The number of halogens is 3. The normalized spacial score (nSPS) is 11.4. The second-order valence-corrected chi connectivity index (χ2v) is 5.14. The highest BCUT2D eigenvalue weighted by Crippen LogP contribution is 2.31. The SMILES string of the molecule is COCCCNC(=O)c1ccn(COc2cccc(C(F)(F)F)c2)n1. The number of nitrogens with one attached hydrogen (secondary N) is 1. The van der Waals surface area contributed by atoms with Gasteiger partial charge in [0, 0.05) is 26.5 Å². The van der Waals surface area contributed by atoms with Gasteiger partial charge in [-0.3, -0.25) is 4.79 Å². The molecule has 0 fully saturated rings. The van der Waals surface area contributed by atoms with E-state index >= 15 is 0 Å². The van der Waals surface area contributed by atoms with Crippen molar-refractivity contribution >= 4 is 5.91 Å². The lowest BCUT2D eigenvalue weighted by molar-refractivity contribution is -0.137. The molecule has 0 aliphatic heterocycles. The topological polar surface area (TPSA) is 65.4 Å². The van der Waals surface area contributed by atoms with E-state index in [4.69, 9.17) is 9.47 Å². The van der Waals surface area contributed by atoms with Crippen LogP contribution in [-0.2, 0) is 17.6 Å². The van der Waals surface area contributed by atoms with Gasteiger partial charge in [-0.05, 0) is 30.7 Å². The first-order valence-corrected chi connectivity index (χ1v) is 7.51. The highest BCUT2D eigenvalue weighted by molar-refractivity contribution is 5.92. The number of hydrogen-bond donors (Lipinski definition) is 1. The van der Waals surface area contributed by atoms with Crippen molar-refractivity contribution in [3.05, 3.63) is 47.8 Å². The molecular formula is C16H18F3N3O3. The average Bonchev–Trinajstić information content (AvgIpc) is 3.05. The molecule has 0 radical (unpaired) electrons. The van der Waals surface area contributed by atoms with E-state index < -0.39 is 11.7 Å². The fourth-order valence-corrected chi connectivity index (χ4v) is 1.97. The first-order chi connectivity index (χ1) is 11.9. The van der Waals surface area contributed by atoms with Gasteiger partial charge in [-0.1, -0.05) is 6.07 Å². The summed E-state index contributed by atoms with van der Waals surface area (Å²) in [6, 6.07) is 6.06. The Morgan fingerprint density at radius 1 is 1.32 bits per heavy atom. The van der Waals surface area contributed by atoms with Gasteiger partial charge >= 0.3 is 6.18 Å². The van der Waals surface area contributed by atoms with Crippen molar-refractivity contribution in [3.8, 4) is 5.75 Å². The predicted octanol–water partition coefficient (Wildman–Crippen LogP) is 2.70. The number of aromatic nitrogens is 2. The molecule has 2 aromatic rings. The van der Waals surface area contributed by atoms with Crippen molar-refractivity contribution < 1.29 is 27.4 Å². The Labute approximate surface area is 142 Å². The summed E-state index contributed by atoms with van der Waals surface area (Å²) in [5, 5.41) is 6.71. The lowest BCUT2D eigenvalue weighted by Gasteiger charge is -2.10. The van der Waals surface area contributed by atoms with Crippen LogP contribution in [0.4, 0.5) is 13.2 Å². The number of carbonyl (C=O) groups excluding carboxylic acids is 1. The smallest absolute Gasteiger partial charge is 0.416 e. The van der Waals surface area contributed by atoms with Crippen LogP contribution >= 0.6 is 0 Å². The van der Waals surface area contributed by atoms with E-state index in [9.17, 15) is 18.0 Å². The molecule has 0 saturated carbocycles. The van der Waals surface area contributed by atoms with Gasteiger partial charge in [-0.2, -0.15) is 18.3 Å². The zero-order valence-corrected chi connectivity index (χ0v) is 13.5. The minimum atomic E-state index is -4.43. The third-order valence-corrected chi connectivity index (χ3v) is 3.21. The minimum absolute atomic E-state index is 0.0656. The Morgan fingerprint density at radius 2 is 2.12 bits per heavy atom. The monoisotopic (exact) mass is 357 g/mol. The number of benzene rings is 1. The van der Waals surface area contributed by atoms with Crippen molar-refractivity contribution in [2.45, 2.75) is 19.3 Å². The summed E-state index contributed by atoms with van der Waals surface area (Å²) in [4.78, 5) is 11.9. The summed E-state index contributed by atoms with van der Waals surface area (Å²) in [5.74, 6) is -0.273. The molecule has 0 spiro atoms. The molecule has 1 N–H and O–H groups in total. The number of nitrogens with zero attached hydrogens (tertiary/aromatic N) is 2. The number of ether oxygens (including phenoxy) is 2. The van der Waals surface area contributed by atoms with Gasteiger partial charge in [-0.15, -0.1) is 0 Å². The van der Waals surface area contributed by atoms with E-state index in [1.807, 2.05) is 0 Å². The van der Waals surface area contributed by atoms with Crippen LogP contribution in [0.2, 0.25) is 0 Å². The summed E-state index contributed by atoms with van der Waals surface area (Å²) in [6.07, 6.45) is -2.24. The highest BCUT2D eigenvalue weighted by atomic mass is 19.4. The lowest BCUT2D eigenvalue weighted by atomic mass is 10.2. The largest absolute Gasteiger partial charge is 0.471 e. The number of rotatable bonds is 8. The maximum absolute atomic E-state index is 12.6. The molecular weight excluding hydrogens is 339 g/mol. The molecule has 2 rings (SSSR count). The van der Waals surface area contributed by atoms with Crippen LogP contribution in [0.1, 0.15) is 22.5 Å². The summed E-state index contributed by atoms with van der Waals surface area (Å²) >= 11 is 0. The zero-order chi connectivity index (χ0) is 18.3. The molecule has 0 atom stereocenters. The van der Waals surface area contributed by atoms with Gasteiger partial charge in [0.1, 0.15) is 11.4 Å². The fourth-order valence-electron chi connectivity index (χ4n) is 1.97. The number of carbonyl (C=O) groups is 1. The summed E-state index contributed by atoms with van der Waals surface area (Å²) in [6.45, 7) is 0.887. The minimum Gasteiger partial charge on any atom is -0.471 e. The van der Waals surface area contributed by atoms with Gasteiger partial charge in [-0.25, -0.2) is 4.68 Å². The maximum atomic E-state index is 12.6. The number of amides is 1.